The van der Waals surface area contributed by atoms with E-state index in [-0.39, 0.29) is 0 Å². The van der Waals surface area contributed by atoms with Gasteiger partial charge in [-0.2, -0.15) is 0 Å². The van der Waals surface area contributed by atoms with Crippen molar-refractivity contribution in [3.8, 4) is 11.6 Å². The van der Waals surface area contributed by atoms with Crippen molar-refractivity contribution in [2.45, 2.75) is 25.0 Å². The molecule has 0 unspecified atom stereocenters. The Balaban J connectivity index is 1.49. The number of hydrogen-bond donors (Lipinski definition) is 1. The Labute approximate surface area is 218 Å². The van der Waals surface area contributed by atoms with Crippen molar-refractivity contribution in [3.05, 3.63) is 96.7 Å². The number of aromatic nitrogens is 3. The second-order valence-corrected chi connectivity index (χ2v) is 10.7. The summed E-state index contributed by atoms with van der Waals surface area (Å²) in [4.78, 5) is 0. The summed E-state index contributed by atoms with van der Waals surface area (Å²) in [6.07, 6.45) is 7.96. The Kier molecular flexibility index (Phi) is 3.77. The molecule has 0 saturated heterocycles. The fourth-order valence-corrected chi connectivity index (χ4v) is 7.28. The van der Waals surface area contributed by atoms with Crippen LogP contribution < -0.4 is 4.74 Å². The first-order chi connectivity index (χ1) is 18.7. The molecule has 0 fully saturated rings. The van der Waals surface area contributed by atoms with Gasteiger partial charge in [0.15, 0.2) is 5.88 Å². The molecule has 38 heavy (non-hydrogen) atoms. The minimum atomic E-state index is 0.297. The number of aromatic hydroxyl groups is 1. The number of para-hydroxylation sites is 2. The second-order valence-electron chi connectivity index (χ2n) is 10.7. The highest BCUT2D eigenvalue weighted by Crippen LogP contribution is 2.53. The highest BCUT2D eigenvalue weighted by atomic mass is 16.5. The van der Waals surface area contributed by atoms with Gasteiger partial charge in [-0.1, -0.05) is 60.7 Å². The molecule has 5 heteroatoms. The van der Waals surface area contributed by atoms with Gasteiger partial charge in [0.05, 0.1) is 42.2 Å². The molecule has 2 atom stereocenters. The predicted octanol–water partition coefficient (Wildman–Crippen LogP) is 7.68. The predicted molar refractivity (Wildman–Crippen MR) is 154 cm³/mol. The Morgan fingerprint density at radius 1 is 0.737 bits per heavy atom. The van der Waals surface area contributed by atoms with Crippen molar-refractivity contribution < 1.29 is 9.84 Å². The van der Waals surface area contributed by atoms with Crippen molar-refractivity contribution in [2.24, 2.45) is 0 Å². The van der Waals surface area contributed by atoms with E-state index in [4.69, 9.17) is 4.74 Å². The van der Waals surface area contributed by atoms with Crippen LogP contribution in [-0.4, -0.2) is 25.9 Å². The number of nitrogens with zero attached hydrogens (tertiary/aromatic N) is 3. The summed E-state index contributed by atoms with van der Waals surface area (Å²) >= 11 is 0. The second kappa shape index (κ2) is 7.01. The lowest BCUT2D eigenvalue weighted by atomic mass is 10.0. The standard InChI is InChI=1S/C33H25N3O2/c1-38-22-14-10-19(11-15-22)17-34-18-25-28-23-6-2-4-8-26(23)35-20-12-13-21(16-20)36-27-9-5-3-7-24(27)29(30(25)33(34)37)32(36)31(28)35/h2-15,18,20-21,37H,16-17H2,1H3/t20-,21+/m0/s1. The summed E-state index contributed by atoms with van der Waals surface area (Å²) in [6, 6.07) is 26.1. The van der Waals surface area contributed by atoms with Crippen molar-refractivity contribution in [1.29, 1.82) is 0 Å². The van der Waals surface area contributed by atoms with Gasteiger partial charge in [0.2, 0.25) is 0 Å². The summed E-state index contributed by atoms with van der Waals surface area (Å²) in [5.41, 5.74) is 6.12. The summed E-state index contributed by atoms with van der Waals surface area (Å²) < 4.78 is 12.4. The Hall–Kier alpha value is -4.64. The Morgan fingerprint density at radius 3 is 2.00 bits per heavy atom. The quantitative estimate of drug-likeness (QED) is 0.256. The maximum atomic E-state index is 11.9. The molecule has 1 aliphatic heterocycles. The van der Waals surface area contributed by atoms with Crippen LogP contribution in [0.15, 0.2) is 91.1 Å². The number of methoxy groups -OCH3 is 1. The van der Waals surface area contributed by atoms with Crippen LogP contribution in [0.2, 0.25) is 0 Å². The summed E-state index contributed by atoms with van der Waals surface area (Å²) in [6.45, 7) is 0.581. The third kappa shape index (κ3) is 2.37. The largest absolute Gasteiger partial charge is 0.497 e. The summed E-state index contributed by atoms with van der Waals surface area (Å²) in [5.74, 6) is 1.15. The van der Waals surface area contributed by atoms with Crippen LogP contribution in [-0.2, 0) is 6.54 Å². The zero-order chi connectivity index (χ0) is 25.1. The monoisotopic (exact) mass is 495 g/mol. The molecule has 4 aromatic carbocycles. The van der Waals surface area contributed by atoms with Gasteiger partial charge >= 0.3 is 0 Å². The normalized spacial score (nSPS) is 18.1. The number of allylic oxidation sites excluding steroid dienone is 2. The van der Waals surface area contributed by atoms with Crippen LogP contribution in [0.25, 0.3) is 54.4 Å². The van der Waals surface area contributed by atoms with Gasteiger partial charge in [-0.05, 0) is 36.2 Å². The zero-order valence-corrected chi connectivity index (χ0v) is 20.9. The van der Waals surface area contributed by atoms with Crippen LogP contribution in [0.5, 0.6) is 11.6 Å². The molecule has 5 nitrogen and oxygen atoms in total. The molecule has 3 aromatic heterocycles. The van der Waals surface area contributed by atoms with Crippen LogP contribution in [0.3, 0.4) is 0 Å². The highest BCUT2D eigenvalue weighted by Gasteiger charge is 2.34. The minimum Gasteiger partial charge on any atom is -0.497 e. The number of benzene rings is 4. The lowest BCUT2D eigenvalue weighted by Crippen LogP contribution is -2.05. The highest BCUT2D eigenvalue weighted by molar-refractivity contribution is 6.37. The third-order valence-electron chi connectivity index (χ3n) is 8.83. The lowest BCUT2D eigenvalue weighted by molar-refractivity contribution is 0.414. The van der Waals surface area contributed by atoms with E-state index in [1.165, 1.54) is 38.2 Å². The molecule has 0 radical (unpaired) electrons. The smallest absolute Gasteiger partial charge is 0.200 e. The maximum Gasteiger partial charge on any atom is 0.200 e. The maximum absolute atomic E-state index is 11.9. The average molecular weight is 496 g/mol. The van der Waals surface area contributed by atoms with E-state index in [2.05, 4.69) is 88.1 Å². The molecule has 0 saturated carbocycles. The van der Waals surface area contributed by atoms with Gasteiger partial charge in [0, 0.05) is 44.2 Å². The lowest BCUT2D eigenvalue weighted by Gasteiger charge is -2.14. The third-order valence-corrected chi connectivity index (χ3v) is 8.83. The van der Waals surface area contributed by atoms with E-state index < -0.39 is 0 Å². The van der Waals surface area contributed by atoms with E-state index >= 15 is 0 Å². The molecule has 9 rings (SSSR count). The van der Waals surface area contributed by atoms with Crippen molar-refractivity contribution in [3.63, 3.8) is 0 Å². The minimum absolute atomic E-state index is 0.297. The molecule has 184 valence electrons. The molecule has 1 aliphatic carbocycles. The van der Waals surface area contributed by atoms with Gasteiger partial charge in [0.25, 0.3) is 0 Å². The fourth-order valence-electron chi connectivity index (χ4n) is 7.28. The van der Waals surface area contributed by atoms with Gasteiger partial charge in [-0.25, -0.2) is 0 Å². The first-order valence-corrected chi connectivity index (χ1v) is 13.2. The molecule has 1 N–H and O–H groups in total. The molecule has 0 amide bonds. The van der Waals surface area contributed by atoms with E-state index in [9.17, 15) is 5.11 Å². The van der Waals surface area contributed by atoms with E-state index in [0.717, 1.165) is 33.9 Å². The molecular weight excluding hydrogens is 470 g/mol. The molecule has 2 aliphatic rings. The zero-order valence-electron chi connectivity index (χ0n) is 20.9. The fraction of sp³-hybridized carbons (Fsp3) is 0.152. The van der Waals surface area contributed by atoms with E-state index in [1.807, 2.05) is 16.7 Å². The first kappa shape index (κ1) is 20.4. The van der Waals surface area contributed by atoms with Crippen molar-refractivity contribution >= 4 is 54.4 Å². The SMILES string of the molecule is COc1ccc(Cn2cc3c(c2O)c2c4ccccc4n4c2c2c3c3ccccc3n2[C@H]2C=C[C@@H]4C2)cc1. The van der Waals surface area contributed by atoms with Crippen molar-refractivity contribution in [2.75, 3.05) is 7.11 Å². The number of hydrogen-bond acceptors (Lipinski definition) is 2. The first-order valence-electron chi connectivity index (χ1n) is 13.2. The molecule has 7 aromatic rings. The van der Waals surface area contributed by atoms with Crippen LogP contribution in [0.1, 0.15) is 24.1 Å². The van der Waals surface area contributed by atoms with Gasteiger partial charge in [0.1, 0.15) is 5.75 Å². The number of fused-ring (bicyclic) bond motifs is 13. The topological polar surface area (TPSA) is 44.2 Å². The molecule has 4 heterocycles. The number of ether oxygens (including phenoxy) is 1. The van der Waals surface area contributed by atoms with Gasteiger partial charge < -0.3 is 23.5 Å². The molecular formula is C33H25N3O2. The Morgan fingerprint density at radius 2 is 1.34 bits per heavy atom. The molecule has 0 spiro atoms. The van der Waals surface area contributed by atoms with Crippen LogP contribution >= 0.6 is 0 Å². The average Bonchev–Trinajstić information content (AvgIpc) is 3.68. The van der Waals surface area contributed by atoms with Crippen LogP contribution in [0, 0.1) is 0 Å². The van der Waals surface area contributed by atoms with Gasteiger partial charge in [-0.15, -0.1) is 0 Å². The van der Waals surface area contributed by atoms with E-state index in [0.29, 0.717) is 24.5 Å². The summed E-state index contributed by atoms with van der Waals surface area (Å²) in [5, 5.41) is 18.8. The van der Waals surface area contributed by atoms with Crippen molar-refractivity contribution in [1.82, 2.24) is 13.7 Å². The van der Waals surface area contributed by atoms with Crippen LogP contribution in [0.4, 0.5) is 0 Å². The Bertz CT molecular complexity index is 2140. The molecule has 2 bridgehead atoms. The van der Waals surface area contributed by atoms with E-state index in [1.54, 1.807) is 7.11 Å². The van der Waals surface area contributed by atoms with Gasteiger partial charge in [-0.3, -0.25) is 0 Å². The summed E-state index contributed by atoms with van der Waals surface area (Å²) in [7, 11) is 1.68. The number of rotatable bonds is 3.